The molecule has 1 fully saturated rings. The van der Waals surface area contributed by atoms with Gasteiger partial charge in [-0.3, -0.25) is 0 Å². The van der Waals surface area contributed by atoms with Gasteiger partial charge in [-0.25, -0.2) is 0 Å². The summed E-state index contributed by atoms with van der Waals surface area (Å²) in [7, 11) is 3.33. The summed E-state index contributed by atoms with van der Waals surface area (Å²) < 4.78 is 16.3. The van der Waals surface area contributed by atoms with Crippen LogP contribution in [0.2, 0.25) is 0 Å². The number of ether oxygens (including phenoxy) is 3. The van der Waals surface area contributed by atoms with Crippen LogP contribution in [0.15, 0.2) is 48.5 Å². The van der Waals surface area contributed by atoms with Crippen LogP contribution >= 0.6 is 12.2 Å². The Bertz CT molecular complexity index is 728. The zero-order valence-electron chi connectivity index (χ0n) is 15.8. The standard InChI is InChI=1S/C21H26N2O3S/c1-24-18-9-5-16(6-10-18)14-23(15-20-4-3-13-26-20)21(27)22-17-7-11-19(25-2)12-8-17/h5-12,20H,3-4,13-15H2,1-2H3,(H,22,27). The molecule has 1 aliphatic heterocycles. The lowest BCUT2D eigenvalue weighted by Crippen LogP contribution is -2.39. The van der Waals surface area contributed by atoms with Crippen LogP contribution in [-0.4, -0.2) is 43.5 Å². The van der Waals surface area contributed by atoms with E-state index in [1.54, 1.807) is 14.2 Å². The minimum absolute atomic E-state index is 0.221. The highest BCUT2D eigenvalue weighted by Gasteiger charge is 2.21. The van der Waals surface area contributed by atoms with E-state index in [1.807, 2.05) is 36.4 Å². The Kier molecular flexibility index (Phi) is 6.90. The quantitative estimate of drug-likeness (QED) is 0.723. The lowest BCUT2D eigenvalue weighted by atomic mass is 10.2. The summed E-state index contributed by atoms with van der Waals surface area (Å²) >= 11 is 5.70. The Hall–Kier alpha value is -2.31. The Morgan fingerprint density at radius 1 is 1.07 bits per heavy atom. The SMILES string of the molecule is COc1ccc(CN(CC2CCCO2)C(=S)Nc2ccc(OC)cc2)cc1. The van der Waals surface area contributed by atoms with Crippen LogP contribution in [0.25, 0.3) is 0 Å². The highest BCUT2D eigenvalue weighted by Crippen LogP contribution is 2.19. The maximum atomic E-state index is 5.82. The van der Waals surface area contributed by atoms with E-state index < -0.39 is 0 Å². The molecule has 144 valence electrons. The van der Waals surface area contributed by atoms with Gasteiger partial charge in [-0.1, -0.05) is 12.1 Å². The molecule has 0 bridgehead atoms. The highest BCUT2D eigenvalue weighted by atomic mass is 32.1. The van der Waals surface area contributed by atoms with Crippen molar-refractivity contribution in [1.82, 2.24) is 4.90 Å². The van der Waals surface area contributed by atoms with Crippen molar-refractivity contribution in [3.8, 4) is 11.5 Å². The number of hydrogen-bond donors (Lipinski definition) is 1. The number of rotatable bonds is 7. The van der Waals surface area contributed by atoms with Gasteiger partial charge in [0.15, 0.2) is 5.11 Å². The summed E-state index contributed by atoms with van der Waals surface area (Å²) in [5, 5.41) is 4.02. The Morgan fingerprint density at radius 3 is 2.26 bits per heavy atom. The molecule has 0 aromatic heterocycles. The van der Waals surface area contributed by atoms with E-state index in [0.717, 1.165) is 43.2 Å². The van der Waals surface area contributed by atoms with Crippen LogP contribution in [0.4, 0.5) is 5.69 Å². The molecule has 0 spiro atoms. The van der Waals surface area contributed by atoms with E-state index in [9.17, 15) is 0 Å². The molecule has 6 heteroatoms. The van der Waals surface area contributed by atoms with Crippen LogP contribution in [-0.2, 0) is 11.3 Å². The molecule has 1 saturated heterocycles. The predicted molar refractivity (Wildman–Crippen MR) is 112 cm³/mol. The summed E-state index contributed by atoms with van der Waals surface area (Å²) in [6, 6.07) is 15.8. The topological polar surface area (TPSA) is 43.0 Å². The minimum Gasteiger partial charge on any atom is -0.497 e. The molecule has 2 aromatic carbocycles. The first-order chi connectivity index (χ1) is 13.2. The number of nitrogens with one attached hydrogen (secondary N) is 1. The second-order valence-corrected chi connectivity index (χ2v) is 6.91. The van der Waals surface area contributed by atoms with E-state index in [-0.39, 0.29) is 6.10 Å². The number of thiocarbonyl (C=S) groups is 1. The summed E-state index contributed by atoms with van der Waals surface area (Å²) in [6.45, 7) is 2.32. The third kappa shape index (κ3) is 5.58. The molecular weight excluding hydrogens is 360 g/mol. The molecule has 1 unspecified atom stereocenters. The zero-order chi connectivity index (χ0) is 19.1. The van der Waals surface area contributed by atoms with Gasteiger partial charge in [0, 0.05) is 25.4 Å². The average molecular weight is 387 g/mol. The van der Waals surface area contributed by atoms with Crippen LogP contribution in [0.5, 0.6) is 11.5 Å². The van der Waals surface area contributed by atoms with Crippen LogP contribution in [0.3, 0.4) is 0 Å². The van der Waals surface area contributed by atoms with Crippen molar-refractivity contribution in [3.05, 3.63) is 54.1 Å². The molecule has 1 N–H and O–H groups in total. The van der Waals surface area contributed by atoms with Crippen molar-refractivity contribution in [3.63, 3.8) is 0 Å². The van der Waals surface area contributed by atoms with Gasteiger partial charge in [-0.15, -0.1) is 0 Å². The summed E-state index contributed by atoms with van der Waals surface area (Å²) in [4.78, 5) is 2.16. The molecule has 1 atom stereocenters. The van der Waals surface area contributed by atoms with E-state index >= 15 is 0 Å². The average Bonchev–Trinajstić information content (AvgIpc) is 3.22. The molecule has 0 saturated carbocycles. The number of benzene rings is 2. The molecule has 1 aliphatic rings. The van der Waals surface area contributed by atoms with Crippen molar-refractivity contribution < 1.29 is 14.2 Å². The molecule has 3 rings (SSSR count). The van der Waals surface area contributed by atoms with Gasteiger partial charge >= 0.3 is 0 Å². The fourth-order valence-corrected chi connectivity index (χ4v) is 3.34. The first kappa shape index (κ1) is 19.5. The second-order valence-electron chi connectivity index (χ2n) is 6.52. The Labute approximate surface area is 166 Å². The maximum Gasteiger partial charge on any atom is 0.173 e. The van der Waals surface area contributed by atoms with E-state index in [2.05, 4.69) is 22.3 Å². The summed E-state index contributed by atoms with van der Waals surface area (Å²) in [5.41, 5.74) is 2.11. The highest BCUT2D eigenvalue weighted by molar-refractivity contribution is 7.80. The van der Waals surface area contributed by atoms with Gasteiger partial charge < -0.3 is 24.4 Å². The third-order valence-electron chi connectivity index (χ3n) is 4.61. The first-order valence-electron chi connectivity index (χ1n) is 9.12. The number of nitrogens with zero attached hydrogens (tertiary/aromatic N) is 1. The molecule has 1 heterocycles. The smallest absolute Gasteiger partial charge is 0.173 e. The van der Waals surface area contributed by atoms with Gasteiger partial charge in [0.05, 0.1) is 20.3 Å². The molecule has 5 nitrogen and oxygen atoms in total. The largest absolute Gasteiger partial charge is 0.497 e. The van der Waals surface area contributed by atoms with Gasteiger partial charge in [0.25, 0.3) is 0 Å². The first-order valence-corrected chi connectivity index (χ1v) is 9.53. The lowest BCUT2D eigenvalue weighted by molar-refractivity contribution is 0.0905. The van der Waals surface area contributed by atoms with E-state index in [4.69, 9.17) is 26.4 Å². The van der Waals surface area contributed by atoms with Crippen molar-refractivity contribution in [1.29, 1.82) is 0 Å². The van der Waals surface area contributed by atoms with Crippen molar-refractivity contribution >= 4 is 23.0 Å². The lowest BCUT2D eigenvalue weighted by Gasteiger charge is -2.28. The fraction of sp³-hybridized carbons (Fsp3) is 0.381. The van der Waals surface area contributed by atoms with Crippen LogP contribution in [0, 0.1) is 0 Å². The summed E-state index contributed by atoms with van der Waals surface area (Å²) in [5.74, 6) is 1.67. The van der Waals surface area contributed by atoms with Crippen LogP contribution in [0.1, 0.15) is 18.4 Å². The second kappa shape index (κ2) is 9.58. The number of methoxy groups -OCH3 is 2. The fourth-order valence-electron chi connectivity index (χ4n) is 3.08. The third-order valence-corrected chi connectivity index (χ3v) is 4.97. The molecule has 0 amide bonds. The zero-order valence-corrected chi connectivity index (χ0v) is 16.6. The van der Waals surface area contributed by atoms with Gasteiger partial charge in [-0.2, -0.15) is 0 Å². The molecule has 27 heavy (non-hydrogen) atoms. The van der Waals surface area contributed by atoms with Crippen molar-refractivity contribution in [2.24, 2.45) is 0 Å². The number of anilines is 1. The normalized spacial score (nSPS) is 16.0. The molecule has 0 aliphatic carbocycles. The van der Waals surface area contributed by atoms with E-state index in [1.165, 1.54) is 5.56 Å². The Morgan fingerprint density at radius 2 is 1.70 bits per heavy atom. The molecule has 0 radical (unpaired) electrons. The van der Waals surface area contributed by atoms with E-state index in [0.29, 0.717) is 11.7 Å². The molecule has 2 aromatic rings. The summed E-state index contributed by atoms with van der Waals surface area (Å²) in [6.07, 6.45) is 2.41. The van der Waals surface area contributed by atoms with Crippen molar-refractivity contribution in [2.75, 3.05) is 32.7 Å². The predicted octanol–water partition coefficient (Wildman–Crippen LogP) is 4.08. The van der Waals surface area contributed by atoms with Crippen LogP contribution < -0.4 is 14.8 Å². The van der Waals surface area contributed by atoms with Gasteiger partial charge in [0.2, 0.25) is 0 Å². The Balaban J connectivity index is 1.69. The number of hydrogen-bond acceptors (Lipinski definition) is 4. The monoisotopic (exact) mass is 386 g/mol. The minimum atomic E-state index is 0.221. The van der Waals surface area contributed by atoms with Gasteiger partial charge in [-0.05, 0) is 67.0 Å². The molecular formula is C21H26N2O3S. The maximum absolute atomic E-state index is 5.82. The van der Waals surface area contributed by atoms with Crippen molar-refractivity contribution in [2.45, 2.75) is 25.5 Å². The van der Waals surface area contributed by atoms with Gasteiger partial charge in [0.1, 0.15) is 11.5 Å².